The van der Waals surface area contributed by atoms with Gasteiger partial charge in [0, 0.05) is 43.8 Å². The van der Waals surface area contributed by atoms with Crippen LogP contribution in [0.4, 0.5) is 10.1 Å². The molecule has 1 saturated heterocycles. The lowest BCUT2D eigenvalue weighted by Gasteiger charge is -2.37. The molecule has 1 aromatic carbocycles. The van der Waals surface area contributed by atoms with Gasteiger partial charge in [-0.3, -0.25) is 4.99 Å². The van der Waals surface area contributed by atoms with Crippen molar-refractivity contribution < 1.29 is 4.39 Å². The van der Waals surface area contributed by atoms with Crippen molar-refractivity contribution in [2.75, 3.05) is 38.1 Å². The summed E-state index contributed by atoms with van der Waals surface area (Å²) >= 11 is 1.73. The van der Waals surface area contributed by atoms with Gasteiger partial charge in [-0.25, -0.2) is 9.37 Å². The first-order chi connectivity index (χ1) is 12.1. The average molecular weight is 489 g/mol. The molecule has 0 saturated carbocycles. The van der Waals surface area contributed by atoms with Gasteiger partial charge in [-0.05, 0) is 38.1 Å². The third-order valence-corrected chi connectivity index (χ3v) is 5.53. The monoisotopic (exact) mass is 489 g/mol. The normalized spacial score (nSPS) is 15.0. The molecule has 8 heteroatoms. The van der Waals surface area contributed by atoms with Crippen LogP contribution in [0.15, 0.2) is 29.3 Å². The topological polar surface area (TPSA) is 43.8 Å². The molecule has 142 valence electrons. The first-order valence-electron chi connectivity index (χ1n) is 8.46. The number of aryl methyl sites for hydroxylation is 2. The number of guanidine groups is 1. The smallest absolute Gasteiger partial charge is 0.194 e. The van der Waals surface area contributed by atoms with E-state index < -0.39 is 0 Å². The van der Waals surface area contributed by atoms with Crippen LogP contribution in [0.2, 0.25) is 0 Å². The Labute approximate surface area is 175 Å². The number of thiazole rings is 1. The molecular formula is C18H25FIN5S. The maximum absolute atomic E-state index is 13.1. The van der Waals surface area contributed by atoms with Crippen LogP contribution in [0.5, 0.6) is 0 Å². The summed E-state index contributed by atoms with van der Waals surface area (Å²) in [7, 11) is 1.81. The number of nitrogens with one attached hydrogen (secondary N) is 1. The number of nitrogens with zero attached hydrogens (tertiary/aromatic N) is 4. The summed E-state index contributed by atoms with van der Waals surface area (Å²) < 4.78 is 13.1. The summed E-state index contributed by atoms with van der Waals surface area (Å²) in [5, 5.41) is 4.50. The Morgan fingerprint density at radius 3 is 2.38 bits per heavy atom. The van der Waals surface area contributed by atoms with Crippen LogP contribution in [0, 0.1) is 19.7 Å². The quantitative estimate of drug-likeness (QED) is 0.408. The van der Waals surface area contributed by atoms with Crippen molar-refractivity contribution in [3.63, 3.8) is 0 Å². The minimum absolute atomic E-state index is 0. The maximum Gasteiger partial charge on any atom is 0.194 e. The molecule has 1 aliphatic rings. The fourth-order valence-electron chi connectivity index (χ4n) is 2.93. The van der Waals surface area contributed by atoms with Crippen molar-refractivity contribution in [2.24, 2.45) is 4.99 Å². The Morgan fingerprint density at radius 2 is 1.85 bits per heavy atom. The minimum Gasteiger partial charge on any atom is -0.368 e. The van der Waals surface area contributed by atoms with Gasteiger partial charge in [0.2, 0.25) is 0 Å². The second-order valence-corrected chi connectivity index (χ2v) is 7.39. The fourth-order valence-corrected chi connectivity index (χ4v) is 3.80. The first kappa shape index (κ1) is 20.9. The third-order valence-electron chi connectivity index (χ3n) is 4.45. The predicted molar refractivity (Wildman–Crippen MR) is 117 cm³/mol. The van der Waals surface area contributed by atoms with Crippen molar-refractivity contribution in [3.05, 3.63) is 45.7 Å². The zero-order valence-corrected chi connectivity index (χ0v) is 18.5. The molecule has 0 radical (unpaired) electrons. The fraction of sp³-hybridized carbons (Fsp3) is 0.444. The number of aromatic nitrogens is 1. The standard InChI is InChI=1S/C18H24FN5S.HI/c1-13-14(2)25-17(22-13)12-21-18(20-3)24-10-8-23(9-11-24)16-6-4-15(19)5-7-16;/h4-7H,8-12H2,1-3H3,(H,20,21);1H. The maximum atomic E-state index is 13.1. The second kappa shape index (κ2) is 9.50. The zero-order chi connectivity index (χ0) is 17.8. The van der Waals surface area contributed by atoms with E-state index in [2.05, 4.69) is 32.0 Å². The predicted octanol–water partition coefficient (Wildman–Crippen LogP) is 3.41. The van der Waals surface area contributed by atoms with E-state index in [-0.39, 0.29) is 29.8 Å². The Bertz CT molecular complexity index is 719. The molecule has 5 nitrogen and oxygen atoms in total. The van der Waals surface area contributed by atoms with Gasteiger partial charge in [0.15, 0.2) is 5.96 Å². The molecule has 3 rings (SSSR count). The van der Waals surface area contributed by atoms with Crippen LogP contribution >= 0.6 is 35.3 Å². The number of aliphatic imine (C=N–C) groups is 1. The van der Waals surface area contributed by atoms with Crippen LogP contribution in [0.25, 0.3) is 0 Å². The highest BCUT2D eigenvalue weighted by molar-refractivity contribution is 14.0. The molecule has 0 spiro atoms. The second-order valence-electron chi connectivity index (χ2n) is 6.10. The Hall–Kier alpha value is -1.42. The van der Waals surface area contributed by atoms with Gasteiger partial charge >= 0.3 is 0 Å². The van der Waals surface area contributed by atoms with Gasteiger partial charge in [-0.15, -0.1) is 35.3 Å². The molecule has 0 unspecified atom stereocenters. The van der Waals surface area contributed by atoms with Crippen molar-refractivity contribution in [1.29, 1.82) is 0 Å². The van der Waals surface area contributed by atoms with E-state index >= 15 is 0 Å². The van der Waals surface area contributed by atoms with E-state index in [4.69, 9.17) is 0 Å². The van der Waals surface area contributed by atoms with Gasteiger partial charge < -0.3 is 15.1 Å². The lowest BCUT2D eigenvalue weighted by atomic mass is 10.2. The minimum atomic E-state index is -0.195. The largest absolute Gasteiger partial charge is 0.368 e. The van der Waals surface area contributed by atoms with Crippen LogP contribution in [0.1, 0.15) is 15.6 Å². The van der Waals surface area contributed by atoms with Gasteiger partial charge in [-0.1, -0.05) is 0 Å². The molecule has 2 aromatic rings. The first-order valence-corrected chi connectivity index (χ1v) is 9.27. The summed E-state index contributed by atoms with van der Waals surface area (Å²) in [4.78, 5) is 14.8. The Morgan fingerprint density at radius 1 is 1.19 bits per heavy atom. The molecule has 0 amide bonds. The van der Waals surface area contributed by atoms with Crippen LogP contribution in [-0.2, 0) is 6.54 Å². The summed E-state index contributed by atoms with van der Waals surface area (Å²) in [6.45, 7) is 8.38. The van der Waals surface area contributed by atoms with Crippen molar-refractivity contribution >= 4 is 47.0 Å². The Balaban J connectivity index is 0.00000243. The molecule has 26 heavy (non-hydrogen) atoms. The highest BCUT2D eigenvalue weighted by Gasteiger charge is 2.20. The summed E-state index contributed by atoms with van der Waals surface area (Å²) in [5.41, 5.74) is 2.17. The van der Waals surface area contributed by atoms with Crippen molar-refractivity contribution in [1.82, 2.24) is 15.2 Å². The van der Waals surface area contributed by atoms with Crippen LogP contribution in [-0.4, -0.2) is 49.1 Å². The van der Waals surface area contributed by atoms with E-state index in [1.165, 1.54) is 17.0 Å². The van der Waals surface area contributed by atoms with E-state index in [1.54, 1.807) is 11.3 Å². The third kappa shape index (κ3) is 5.06. The zero-order valence-electron chi connectivity index (χ0n) is 15.3. The number of hydrogen-bond acceptors (Lipinski definition) is 4. The van der Waals surface area contributed by atoms with E-state index in [0.29, 0.717) is 6.54 Å². The summed E-state index contributed by atoms with van der Waals surface area (Å²) in [5.74, 6) is 0.712. The van der Waals surface area contributed by atoms with E-state index in [9.17, 15) is 4.39 Å². The highest BCUT2D eigenvalue weighted by Crippen LogP contribution is 2.18. The van der Waals surface area contributed by atoms with Gasteiger partial charge in [0.25, 0.3) is 0 Å². The van der Waals surface area contributed by atoms with E-state index in [1.807, 2.05) is 26.1 Å². The van der Waals surface area contributed by atoms with Gasteiger partial charge in [0.1, 0.15) is 10.8 Å². The van der Waals surface area contributed by atoms with Crippen molar-refractivity contribution in [2.45, 2.75) is 20.4 Å². The Kier molecular flexibility index (Phi) is 7.63. The molecule has 0 atom stereocenters. The van der Waals surface area contributed by atoms with Crippen LogP contribution in [0.3, 0.4) is 0 Å². The number of benzene rings is 1. The lowest BCUT2D eigenvalue weighted by molar-refractivity contribution is 0.372. The molecule has 0 bridgehead atoms. The summed E-state index contributed by atoms with van der Waals surface area (Å²) in [6, 6.07) is 6.71. The molecule has 1 fully saturated rings. The highest BCUT2D eigenvalue weighted by atomic mass is 127. The molecule has 2 heterocycles. The van der Waals surface area contributed by atoms with E-state index in [0.717, 1.165) is 48.5 Å². The van der Waals surface area contributed by atoms with Crippen molar-refractivity contribution in [3.8, 4) is 0 Å². The average Bonchev–Trinajstić information content (AvgIpc) is 2.95. The number of halogens is 2. The number of piperazine rings is 1. The molecule has 1 aliphatic heterocycles. The molecular weight excluding hydrogens is 464 g/mol. The van der Waals surface area contributed by atoms with Gasteiger partial charge in [-0.2, -0.15) is 0 Å². The summed E-state index contributed by atoms with van der Waals surface area (Å²) in [6.07, 6.45) is 0. The molecule has 0 aliphatic carbocycles. The number of rotatable bonds is 3. The van der Waals surface area contributed by atoms with Gasteiger partial charge in [0.05, 0.1) is 12.2 Å². The molecule has 1 aromatic heterocycles. The number of anilines is 1. The van der Waals surface area contributed by atoms with Crippen LogP contribution < -0.4 is 10.2 Å². The number of hydrogen-bond donors (Lipinski definition) is 1. The molecule has 1 N–H and O–H groups in total. The SMILES string of the molecule is CN=C(NCc1nc(C)c(C)s1)N1CCN(c2ccc(F)cc2)CC1.I. The lowest BCUT2D eigenvalue weighted by Crippen LogP contribution is -2.52.